The van der Waals surface area contributed by atoms with Crippen LogP contribution in [-0.4, -0.2) is 28.3 Å². The van der Waals surface area contributed by atoms with Gasteiger partial charge in [0.2, 0.25) is 5.88 Å². The minimum atomic E-state index is -0.180. The average Bonchev–Trinajstić information content (AvgIpc) is 3.20. The summed E-state index contributed by atoms with van der Waals surface area (Å²) in [5.41, 5.74) is 0.293. The van der Waals surface area contributed by atoms with Gasteiger partial charge < -0.3 is 10.1 Å². The average molecular weight is 310 g/mol. The number of halogens is 1. The number of aromatic nitrogens is 2. The van der Waals surface area contributed by atoms with Gasteiger partial charge in [0.05, 0.1) is 6.54 Å². The number of amides is 1. The Morgan fingerprint density at radius 3 is 3.00 bits per heavy atom. The molecule has 4 rings (SSSR count). The van der Waals surface area contributed by atoms with Crippen molar-refractivity contribution < 1.29 is 9.53 Å². The quantitative estimate of drug-likeness (QED) is 0.933. The van der Waals surface area contributed by atoms with Crippen LogP contribution in [0.25, 0.3) is 0 Å². The maximum absolute atomic E-state index is 12.4. The Morgan fingerprint density at radius 2 is 2.33 bits per heavy atom. The standard InChI is InChI=1S/C15H20ClN3O2/c1-8(11-7-9-2-3-10(11)6-9)17-14(20)13-12(16)15-19(18-13)4-5-21-15/h8-11H,2-7H2,1H3,(H,17,20). The molecule has 21 heavy (non-hydrogen) atoms. The molecule has 1 amide bonds. The van der Waals surface area contributed by atoms with Crippen molar-refractivity contribution >= 4 is 17.5 Å². The van der Waals surface area contributed by atoms with Gasteiger partial charge in [0.25, 0.3) is 5.91 Å². The highest BCUT2D eigenvalue weighted by Gasteiger charge is 2.42. The lowest BCUT2D eigenvalue weighted by Gasteiger charge is -2.28. The normalized spacial score (nSPS) is 31.0. The van der Waals surface area contributed by atoms with Crippen LogP contribution in [0.1, 0.15) is 43.1 Å². The lowest BCUT2D eigenvalue weighted by molar-refractivity contribution is 0.0909. The molecule has 0 saturated heterocycles. The van der Waals surface area contributed by atoms with Crippen LogP contribution in [0.3, 0.4) is 0 Å². The van der Waals surface area contributed by atoms with Crippen LogP contribution in [0.15, 0.2) is 0 Å². The summed E-state index contributed by atoms with van der Waals surface area (Å²) >= 11 is 6.20. The zero-order valence-corrected chi connectivity index (χ0v) is 12.9. The summed E-state index contributed by atoms with van der Waals surface area (Å²) in [6.07, 6.45) is 5.29. The van der Waals surface area contributed by atoms with Gasteiger partial charge in [-0.15, -0.1) is 0 Å². The Bertz CT molecular complexity index is 586. The van der Waals surface area contributed by atoms with E-state index in [1.54, 1.807) is 4.68 Å². The van der Waals surface area contributed by atoms with Gasteiger partial charge in [0.1, 0.15) is 11.6 Å². The van der Waals surface area contributed by atoms with E-state index in [1.165, 1.54) is 25.7 Å². The molecule has 1 aliphatic heterocycles. The number of nitrogens with zero attached hydrogens (tertiary/aromatic N) is 2. The summed E-state index contributed by atoms with van der Waals surface area (Å²) in [5.74, 6) is 2.62. The smallest absolute Gasteiger partial charge is 0.273 e. The summed E-state index contributed by atoms with van der Waals surface area (Å²) in [5, 5.41) is 7.70. The first-order chi connectivity index (χ1) is 10.1. The van der Waals surface area contributed by atoms with Crippen molar-refractivity contribution in [2.75, 3.05) is 6.61 Å². The van der Waals surface area contributed by atoms with E-state index in [0.717, 1.165) is 11.8 Å². The van der Waals surface area contributed by atoms with E-state index in [0.29, 0.717) is 35.7 Å². The van der Waals surface area contributed by atoms with Gasteiger partial charge in [0, 0.05) is 6.04 Å². The number of hydrogen-bond acceptors (Lipinski definition) is 3. The summed E-state index contributed by atoms with van der Waals surface area (Å²) in [6, 6.07) is 0.182. The molecular formula is C15H20ClN3O2. The Morgan fingerprint density at radius 1 is 1.48 bits per heavy atom. The van der Waals surface area contributed by atoms with Gasteiger partial charge >= 0.3 is 0 Å². The van der Waals surface area contributed by atoms with E-state index in [1.807, 2.05) is 0 Å². The SMILES string of the molecule is CC(NC(=O)c1nn2c(c1Cl)OCC2)C1CC2CCC1C2. The number of fused-ring (bicyclic) bond motifs is 3. The van der Waals surface area contributed by atoms with Crippen molar-refractivity contribution in [3.8, 4) is 5.88 Å². The molecule has 2 heterocycles. The molecule has 6 heteroatoms. The molecular weight excluding hydrogens is 290 g/mol. The molecule has 0 radical (unpaired) electrons. The minimum Gasteiger partial charge on any atom is -0.475 e. The maximum atomic E-state index is 12.4. The third kappa shape index (κ3) is 2.13. The predicted molar refractivity (Wildman–Crippen MR) is 78.6 cm³/mol. The van der Waals surface area contributed by atoms with Gasteiger partial charge in [-0.1, -0.05) is 18.0 Å². The first-order valence-electron chi connectivity index (χ1n) is 7.83. The van der Waals surface area contributed by atoms with Gasteiger partial charge in [0.15, 0.2) is 5.69 Å². The predicted octanol–water partition coefficient (Wildman–Crippen LogP) is 2.48. The van der Waals surface area contributed by atoms with Crippen molar-refractivity contribution in [3.63, 3.8) is 0 Å². The Kier molecular flexibility index (Phi) is 3.14. The zero-order chi connectivity index (χ0) is 14.6. The fraction of sp³-hybridized carbons (Fsp3) is 0.733. The van der Waals surface area contributed by atoms with E-state index < -0.39 is 0 Å². The van der Waals surface area contributed by atoms with Gasteiger partial charge in [-0.3, -0.25) is 4.79 Å². The number of ether oxygens (including phenoxy) is 1. The molecule has 2 bridgehead atoms. The number of rotatable bonds is 3. The molecule has 2 saturated carbocycles. The topological polar surface area (TPSA) is 56.2 Å². The van der Waals surface area contributed by atoms with Crippen molar-refractivity contribution in [1.29, 1.82) is 0 Å². The molecule has 114 valence electrons. The highest BCUT2D eigenvalue weighted by atomic mass is 35.5. The first-order valence-corrected chi connectivity index (χ1v) is 8.21. The molecule has 3 aliphatic rings. The molecule has 1 aromatic heterocycles. The third-order valence-electron chi connectivity index (χ3n) is 5.40. The number of carbonyl (C=O) groups excluding carboxylic acids is 1. The van der Waals surface area contributed by atoms with Crippen molar-refractivity contribution in [2.24, 2.45) is 17.8 Å². The van der Waals surface area contributed by atoms with Crippen LogP contribution in [0.2, 0.25) is 5.02 Å². The molecule has 2 aliphatic carbocycles. The Balaban J connectivity index is 1.46. The second kappa shape index (κ2) is 4.90. The number of carbonyl (C=O) groups is 1. The molecule has 1 aromatic rings. The van der Waals surface area contributed by atoms with E-state index in [-0.39, 0.29) is 11.9 Å². The van der Waals surface area contributed by atoms with Gasteiger partial charge in [-0.05, 0) is 43.9 Å². The fourth-order valence-corrected chi connectivity index (χ4v) is 4.65. The van der Waals surface area contributed by atoms with E-state index in [2.05, 4.69) is 17.3 Å². The molecule has 5 nitrogen and oxygen atoms in total. The number of nitrogens with one attached hydrogen (secondary N) is 1. The van der Waals surface area contributed by atoms with E-state index in [4.69, 9.17) is 16.3 Å². The molecule has 4 atom stereocenters. The summed E-state index contributed by atoms with van der Waals surface area (Å²) in [7, 11) is 0. The monoisotopic (exact) mass is 309 g/mol. The fourth-order valence-electron chi connectivity index (χ4n) is 4.38. The van der Waals surface area contributed by atoms with Gasteiger partial charge in [-0.25, -0.2) is 4.68 Å². The van der Waals surface area contributed by atoms with Crippen LogP contribution in [0, 0.1) is 17.8 Å². The van der Waals surface area contributed by atoms with Crippen LogP contribution < -0.4 is 10.1 Å². The summed E-state index contributed by atoms with van der Waals surface area (Å²) < 4.78 is 7.06. The first kappa shape index (κ1) is 13.4. The Labute approximate surface area is 129 Å². The van der Waals surface area contributed by atoms with E-state index >= 15 is 0 Å². The van der Waals surface area contributed by atoms with Crippen molar-refractivity contribution in [1.82, 2.24) is 15.1 Å². The second-order valence-electron chi connectivity index (χ2n) is 6.64. The molecule has 2 fully saturated rings. The molecule has 1 N–H and O–H groups in total. The van der Waals surface area contributed by atoms with Crippen LogP contribution in [0.4, 0.5) is 0 Å². The van der Waals surface area contributed by atoms with Crippen LogP contribution in [0.5, 0.6) is 5.88 Å². The molecule has 0 aromatic carbocycles. The van der Waals surface area contributed by atoms with Crippen molar-refractivity contribution in [2.45, 2.75) is 45.2 Å². The van der Waals surface area contributed by atoms with Gasteiger partial charge in [-0.2, -0.15) is 5.10 Å². The maximum Gasteiger partial charge on any atom is 0.273 e. The minimum absolute atomic E-state index is 0.180. The third-order valence-corrected chi connectivity index (χ3v) is 5.74. The zero-order valence-electron chi connectivity index (χ0n) is 12.1. The second-order valence-corrected chi connectivity index (χ2v) is 7.02. The van der Waals surface area contributed by atoms with E-state index in [9.17, 15) is 4.79 Å². The highest BCUT2D eigenvalue weighted by Crippen LogP contribution is 2.49. The van der Waals surface area contributed by atoms with Crippen LogP contribution in [-0.2, 0) is 6.54 Å². The highest BCUT2D eigenvalue weighted by molar-refractivity contribution is 6.34. The van der Waals surface area contributed by atoms with Crippen LogP contribution >= 0.6 is 11.6 Å². The lowest BCUT2D eigenvalue weighted by atomic mass is 9.84. The summed E-state index contributed by atoms with van der Waals surface area (Å²) in [4.78, 5) is 12.4. The largest absolute Gasteiger partial charge is 0.475 e. The summed E-state index contributed by atoms with van der Waals surface area (Å²) in [6.45, 7) is 3.34. The molecule has 0 spiro atoms. The Hall–Kier alpha value is -1.23. The number of hydrogen-bond donors (Lipinski definition) is 1. The lowest BCUT2D eigenvalue weighted by Crippen LogP contribution is -2.40. The molecule has 4 unspecified atom stereocenters. The van der Waals surface area contributed by atoms with Crippen molar-refractivity contribution in [3.05, 3.63) is 10.7 Å².